The second kappa shape index (κ2) is 9.91. The van der Waals surface area contributed by atoms with E-state index >= 15 is 4.39 Å². The molecule has 10 heteroatoms. The molecule has 1 aliphatic rings. The lowest BCUT2D eigenvalue weighted by atomic mass is 9.92. The fraction of sp³-hybridized carbons (Fsp3) is 0.522. The Kier molecular flexibility index (Phi) is 7.42. The minimum atomic E-state index is -3.36. The first kappa shape index (κ1) is 24.7. The zero-order valence-corrected chi connectivity index (χ0v) is 20.0. The first-order valence-electron chi connectivity index (χ1n) is 10.9. The molecule has 1 aliphatic heterocycles. The van der Waals surface area contributed by atoms with Gasteiger partial charge in [0.2, 0.25) is 0 Å². The average molecular weight is 477 g/mol. The lowest BCUT2D eigenvalue weighted by Gasteiger charge is -2.32. The number of nitriles is 1. The van der Waals surface area contributed by atoms with Crippen molar-refractivity contribution in [2.45, 2.75) is 62.7 Å². The Labute approximate surface area is 193 Å². The van der Waals surface area contributed by atoms with Crippen LogP contribution in [0.15, 0.2) is 35.4 Å². The van der Waals surface area contributed by atoms with E-state index in [1.54, 1.807) is 30.4 Å². The fourth-order valence-corrected chi connectivity index (χ4v) is 4.65. The molecule has 2 aromatic rings. The van der Waals surface area contributed by atoms with Gasteiger partial charge in [0.1, 0.15) is 17.9 Å². The van der Waals surface area contributed by atoms with Gasteiger partial charge in [0, 0.05) is 30.8 Å². The van der Waals surface area contributed by atoms with Crippen molar-refractivity contribution < 1.29 is 22.3 Å². The minimum absolute atomic E-state index is 0.0733. The normalized spacial score (nSPS) is 16.9. The predicted molar refractivity (Wildman–Crippen MR) is 120 cm³/mol. The molecular formula is C23H29FN4O4S. The summed E-state index contributed by atoms with van der Waals surface area (Å²) in [4.78, 5) is 13.9. The fourth-order valence-electron chi connectivity index (χ4n) is 4.02. The molecule has 0 N–H and O–H groups in total. The second-order valence-corrected chi connectivity index (χ2v) is 10.7. The van der Waals surface area contributed by atoms with Gasteiger partial charge in [-0.15, -0.1) is 0 Å². The molecule has 0 aliphatic carbocycles. The van der Waals surface area contributed by atoms with Crippen molar-refractivity contribution in [2.24, 2.45) is 0 Å². The first-order chi connectivity index (χ1) is 15.5. The van der Waals surface area contributed by atoms with E-state index in [0.717, 1.165) is 6.26 Å². The van der Waals surface area contributed by atoms with E-state index in [0.29, 0.717) is 42.8 Å². The summed E-state index contributed by atoms with van der Waals surface area (Å²) < 4.78 is 45.5. The van der Waals surface area contributed by atoms with Crippen LogP contribution < -0.4 is 0 Å². The Morgan fingerprint density at radius 2 is 1.82 bits per heavy atom. The molecule has 1 aromatic heterocycles. The highest BCUT2D eigenvalue weighted by molar-refractivity contribution is 7.90. The monoisotopic (exact) mass is 476 g/mol. The summed E-state index contributed by atoms with van der Waals surface area (Å²) in [6.07, 6.45) is 1.89. The lowest BCUT2D eigenvalue weighted by Crippen LogP contribution is -2.40. The smallest absolute Gasteiger partial charge is 0.410 e. The van der Waals surface area contributed by atoms with Gasteiger partial charge in [0.15, 0.2) is 9.84 Å². The van der Waals surface area contributed by atoms with Crippen LogP contribution >= 0.6 is 0 Å². The van der Waals surface area contributed by atoms with Gasteiger partial charge >= 0.3 is 6.09 Å². The molecule has 1 aromatic carbocycles. The lowest BCUT2D eigenvalue weighted by molar-refractivity contribution is 0.0652. The van der Waals surface area contributed by atoms with Crippen molar-refractivity contribution in [3.63, 3.8) is 0 Å². The Balaban J connectivity index is 1.74. The molecular weight excluding hydrogens is 447 g/mol. The molecule has 1 fully saturated rings. The average Bonchev–Trinajstić information content (AvgIpc) is 3.21. The third-order valence-electron chi connectivity index (χ3n) is 5.89. The van der Waals surface area contributed by atoms with Gasteiger partial charge in [-0.3, -0.25) is 4.68 Å². The summed E-state index contributed by atoms with van der Waals surface area (Å²) in [5.41, 5.74) is 1.14. The highest BCUT2D eigenvalue weighted by Gasteiger charge is 2.30. The summed E-state index contributed by atoms with van der Waals surface area (Å²) in [5.74, 6) is -0.654. The van der Waals surface area contributed by atoms with Crippen molar-refractivity contribution in [3.05, 3.63) is 47.3 Å². The summed E-state index contributed by atoms with van der Waals surface area (Å²) in [5, 5.41) is 14.2. The number of ether oxygens (including phenoxy) is 1. The highest BCUT2D eigenvalue weighted by Crippen LogP contribution is 2.37. The number of alkyl halides is 1. The van der Waals surface area contributed by atoms with Gasteiger partial charge in [-0.1, -0.05) is 19.1 Å². The number of likely N-dealkylation sites (tertiary alicyclic amines) is 1. The second-order valence-electron chi connectivity index (χ2n) is 8.69. The quantitative estimate of drug-likeness (QED) is 0.620. The van der Waals surface area contributed by atoms with E-state index in [1.165, 1.54) is 30.5 Å². The molecule has 2 unspecified atom stereocenters. The molecule has 33 heavy (non-hydrogen) atoms. The number of aromatic nitrogens is 2. The topological polar surface area (TPSA) is 105 Å². The van der Waals surface area contributed by atoms with Gasteiger partial charge < -0.3 is 9.64 Å². The van der Waals surface area contributed by atoms with Gasteiger partial charge in [0.25, 0.3) is 0 Å². The van der Waals surface area contributed by atoms with Crippen molar-refractivity contribution in [1.29, 1.82) is 5.26 Å². The Morgan fingerprint density at radius 1 is 1.21 bits per heavy atom. The summed E-state index contributed by atoms with van der Waals surface area (Å²) in [7, 11) is -3.36. The van der Waals surface area contributed by atoms with Crippen LogP contribution in [0.3, 0.4) is 0 Å². The maximum absolute atomic E-state index is 15.3. The maximum Gasteiger partial charge on any atom is 0.410 e. The van der Waals surface area contributed by atoms with Crippen molar-refractivity contribution in [3.8, 4) is 6.07 Å². The SMILES string of the molecule is CC(C)OC(=O)N1CCC(n2ncc(C(C)C(F)c3ccc(S(C)(=O)=O)cc3)c2C#N)CC1. The van der Waals surface area contributed by atoms with Crippen molar-refractivity contribution >= 4 is 15.9 Å². The zero-order chi connectivity index (χ0) is 24.3. The van der Waals surface area contributed by atoms with Gasteiger partial charge in [-0.2, -0.15) is 10.4 Å². The number of benzene rings is 1. The molecule has 8 nitrogen and oxygen atoms in total. The van der Waals surface area contributed by atoms with Crippen LogP contribution in [0, 0.1) is 11.3 Å². The Morgan fingerprint density at radius 3 is 2.33 bits per heavy atom. The highest BCUT2D eigenvalue weighted by atomic mass is 32.2. The number of nitrogens with zero attached hydrogens (tertiary/aromatic N) is 4. The molecule has 0 radical (unpaired) electrons. The van der Waals surface area contributed by atoms with Crippen LogP contribution in [0.1, 0.15) is 68.6 Å². The molecule has 2 heterocycles. The Hall–Kier alpha value is -2.93. The number of sulfone groups is 1. The number of piperidine rings is 1. The number of amides is 1. The van der Waals surface area contributed by atoms with Crippen LogP contribution in [0.5, 0.6) is 0 Å². The third kappa shape index (κ3) is 5.53. The van der Waals surface area contributed by atoms with Gasteiger partial charge in [-0.05, 0) is 44.4 Å². The summed E-state index contributed by atoms with van der Waals surface area (Å²) >= 11 is 0. The zero-order valence-electron chi connectivity index (χ0n) is 19.2. The predicted octanol–water partition coefficient (Wildman–Crippen LogP) is 4.15. The van der Waals surface area contributed by atoms with E-state index in [2.05, 4.69) is 11.2 Å². The number of halogens is 1. The Bertz CT molecular complexity index is 1130. The van der Waals surface area contributed by atoms with E-state index < -0.39 is 21.9 Å². The number of rotatable bonds is 6. The number of hydrogen-bond donors (Lipinski definition) is 0. The van der Waals surface area contributed by atoms with Crippen molar-refractivity contribution in [2.75, 3.05) is 19.3 Å². The third-order valence-corrected chi connectivity index (χ3v) is 7.02. The first-order valence-corrected chi connectivity index (χ1v) is 12.8. The van der Waals surface area contributed by atoms with Gasteiger partial charge in [-0.25, -0.2) is 17.6 Å². The molecule has 0 saturated carbocycles. The molecule has 0 bridgehead atoms. The van der Waals surface area contributed by atoms with Crippen LogP contribution in [0.25, 0.3) is 0 Å². The number of carbonyl (C=O) groups is 1. The van der Waals surface area contributed by atoms with Crippen LogP contribution in [0.4, 0.5) is 9.18 Å². The number of carbonyl (C=O) groups excluding carboxylic acids is 1. The summed E-state index contributed by atoms with van der Waals surface area (Å²) in [6, 6.07) is 7.78. The molecule has 2 atom stereocenters. The molecule has 1 amide bonds. The number of hydrogen-bond acceptors (Lipinski definition) is 6. The molecule has 178 valence electrons. The maximum atomic E-state index is 15.3. The van der Waals surface area contributed by atoms with Gasteiger partial charge in [0.05, 0.1) is 23.2 Å². The molecule has 1 saturated heterocycles. The van der Waals surface area contributed by atoms with Crippen LogP contribution in [-0.2, 0) is 14.6 Å². The minimum Gasteiger partial charge on any atom is -0.447 e. The molecule has 3 rings (SSSR count). The standard InChI is InChI=1S/C23H29FN4O4S/c1-15(2)32-23(29)27-11-9-18(10-12-27)28-21(13-25)20(14-26-28)16(3)22(24)17-5-7-19(8-6-17)33(4,30)31/h5-8,14-16,18,22H,9-12H2,1-4H3. The van der Waals surface area contributed by atoms with Crippen molar-refractivity contribution in [1.82, 2.24) is 14.7 Å². The van der Waals surface area contributed by atoms with E-state index in [-0.39, 0.29) is 23.1 Å². The van der Waals surface area contributed by atoms with E-state index in [1.807, 2.05) is 0 Å². The summed E-state index contributed by atoms with van der Waals surface area (Å²) in [6.45, 7) is 6.26. The van der Waals surface area contributed by atoms with E-state index in [9.17, 15) is 18.5 Å². The largest absolute Gasteiger partial charge is 0.447 e. The molecule has 0 spiro atoms. The van der Waals surface area contributed by atoms with Crippen LogP contribution in [0.2, 0.25) is 0 Å². The van der Waals surface area contributed by atoms with Crippen LogP contribution in [-0.4, -0.2) is 54.6 Å². The van der Waals surface area contributed by atoms with E-state index in [4.69, 9.17) is 4.74 Å².